The van der Waals surface area contributed by atoms with E-state index in [4.69, 9.17) is 10.5 Å². The van der Waals surface area contributed by atoms with Gasteiger partial charge in [0.2, 0.25) is 0 Å². The molecule has 0 saturated carbocycles. The maximum atomic E-state index is 14.1. The Morgan fingerprint density at radius 3 is 2.85 bits per heavy atom. The van der Waals surface area contributed by atoms with E-state index in [2.05, 4.69) is 36.2 Å². The largest absolute Gasteiger partial charge is 0.450 e. The molecule has 130 valence electrons. The summed E-state index contributed by atoms with van der Waals surface area (Å²) in [4.78, 5) is 13.8. The first-order chi connectivity index (χ1) is 12.6. The predicted molar refractivity (Wildman–Crippen MR) is 104 cm³/mol. The monoisotopic (exact) mass is 431 g/mol. The van der Waals surface area contributed by atoms with Crippen LogP contribution in [0.2, 0.25) is 0 Å². The molecule has 4 aromatic rings. The van der Waals surface area contributed by atoms with Crippen molar-refractivity contribution >= 4 is 54.3 Å². The van der Waals surface area contributed by atoms with E-state index in [1.165, 1.54) is 23.5 Å². The summed E-state index contributed by atoms with van der Waals surface area (Å²) in [7, 11) is 0. The number of rotatable bonds is 4. The molecule has 0 atom stereocenters. The number of benzene rings is 1. The van der Waals surface area contributed by atoms with Crippen LogP contribution in [0.1, 0.15) is 0 Å². The van der Waals surface area contributed by atoms with Gasteiger partial charge in [0, 0.05) is 34.7 Å². The predicted octanol–water partition coefficient (Wildman–Crippen LogP) is 5.11. The third-order valence-electron chi connectivity index (χ3n) is 3.39. The van der Waals surface area contributed by atoms with Crippen LogP contribution >= 0.6 is 27.3 Å². The number of halogens is 2. The molecular weight excluding hydrogens is 421 g/mol. The lowest BCUT2D eigenvalue weighted by Crippen LogP contribution is -1.98. The van der Waals surface area contributed by atoms with Crippen molar-refractivity contribution in [3.63, 3.8) is 0 Å². The highest BCUT2D eigenvalue weighted by atomic mass is 79.9. The fourth-order valence-corrected chi connectivity index (χ4v) is 3.35. The number of hydrogen-bond donors (Lipinski definition) is 2. The van der Waals surface area contributed by atoms with E-state index in [9.17, 15) is 4.39 Å². The summed E-state index contributed by atoms with van der Waals surface area (Å²) in [6, 6.07) is 9.62. The van der Waals surface area contributed by atoms with E-state index < -0.39 is 5.82 Å². The Labute approximate surface area is 160 Å². The molecule has 0 radical (unpaired) electrons. The maximum absolute atomic E-state index is 14.1. The van der Waals surface area contributed by atoms with Crippen LogP contribution in [0.5, 0.6) is 11.5 Å². The molecule has 0 amide bonds. The number of nitrogen functional groups attached to an aromatic ring is 1. The number of ether oxygens (including phenoxy) is 1. The quantitative estimate of drug-likeness (QED) is 0.436. The summed E-state index contributed by atoms with van der Waals surface area (Å²) in [6.07, 6.45) is 3.32. The van der Waals surface area contributed by atoms with Crippen LogP contribution in [0, 0.1) is 5.82 Å². The van der Waals surface area contributed by atoms with Gasteiger partial charge in [-0.3, -0.25) is 0 Å². The standard InChI is InChI=1S/C17H11BrFN5OS/c18-9-6-14(25-13-4-3-10(20)7-11(13)19)15(22-8-9)24-17-23-12-2-1-5-21-16(12)26-17/h1-8H,20H2,(H,22,23,24). The van der Waals surface area contributed by atoms with Crippen LogP contribution in [0.4, 0.5) is 21.0 Å². The average molecular weight is 432 g/mol. The lowest BCUT2D eigenvalue weighted by Gasteiger charge is -2.12. The van der Waals surface area contributed by atoms with Crippen molar-refractivity contribution in [2.24, 2.45) is 0 Å². The van der Waals surface area contributed by atoms with Gasteiger partial charge in [-0.1, -0.05) is 11.3 Å². The van der Waals surface area contributed by atoms with E-state index in [1.54, 1.807) is 24.5 Å². The van der Waals surface area contributed by atoms with Crippen molar-refractivity contribution in [2.75, 3.05) is 11.1 Å². The molecule has 0 fully saturated rings. The number of hydrogen-bond acceptors (Lipinski definition) is 7. The maximum Gasteiger partial charge on any atom is 0.191 e. The van der Waals surface area contributed by atoms with Gasteiger partial charge in [0.15, 0.2) is 28.3 Å². The fraction of sp³-hybridized carbons (Fsp3) is 0. The molecule has 0 spiro atoms. The van der Waals surface area contributed by atoms with Gasteiger partial charge in [-0.15, -0.1) is 0 Å². The molecule has 0 unspecified atom stereocenters. The highest BCUT2D eigenvalue weighted by Gasteiger charge is 2.13. The van der Waals surface area contributed by atoms with Crippen LogP contribution in [0.3, 0.4) is 0 Å². The molecule has 0 aliphatic carbocycles. The van der Waals surface area contributed by atoms with Gasteiger partial charge < -0.3 is 15.8 Å². The Hall–Kier alpha value is -2.78. The lowest BCUT2D eigenvalue weighted by molar-refractivity contribution is 0.442. The van der Waals surface area contributed by atoms with Crippen LogP contribution in [-0.4, -0.2) is 15.0 Å². The van der Waals surface area contributed by atoms with E-state index in [1.807, 2.05) is 12.1 Å². The van der Waals surface area contributed by atoms with Crippen LogP contribution < -0.4 is 15.8 Å². The second-order valence-corrected chi connectivity index (χ2v) is 7.16. The number of anilines is 3. The van der Waals surface area contributed by atoms with Crippen LogP contribution in [-0.2, 0) is 0 Å². The van der Waals surface area contributed by atoms with Crippen molar-refractivity contribution in [3.05, 3.63) is 59.1 Å². The number of thiazole rings is 1. The SMILES string of the molecule is Nc1ccc(Oc2cc(Br)cnc2Nc2nc3cccnc3s2)c(F)c1. The molecule has 26 heavy (non-hydrogen) atoms. The molecule has 4 rings (SSSR count). The molecule has 3 N–H and O–H groups in total. The second kappa shape index (κ2) is 6.85. The molecule has 0 saturated heterocycles. The number of fused-ring (bicyclic) bond motifs is 1. The van der Waals surface area contributed by atoms with Gasteiger partial charge in [0.25, 0.3) is 0 Å². The van der Waals surface area contributed by atoms with Gasteiger partial charge in [0.1, 0.15) is 10.3 Å². The first-order valence-corrected chi connectivity index (χ1v) is 9.06. The van der Waals surface area contributed by atoms with Crippen LogP contribution in [0.15, 0.2) is 53.3 Å². The van der Waals surface area contributed by atoms with E-state index >= 15 is 0 Å². The third kappa shape index (κ3) is 3.44. The summed E-state index contributed by atoms with van der Waals surface area (Å²) >= 11 is 4.73. The Morgan fingerprint density at radius 1 is 1.15 bits per heavy atom. The van der Waals surface area contributed by atoms with Crippen molar-refractivity contribution in [3.8, 4) is 11.5 Å². The number of aromatic nitrogens is 3. The average Bonchev–Trinajstić information content (AvgIpc) is 3.02. The summed E-state index contributed by atoms with van der Waals surface area (Å²) in [5.41, 5.74) is 6.68. The van der Waals surface area contributed by atoms with Gasteiger partial charge in [-0.2, -0.15) is 0 Å². The number of nitrogens with two attached hydrogens (primary N) is 1. The highest BCUT2D eigenvalue weighted by Crippen LogP contribution is 2.35. The molecule has 0 bridgehead atoms. The molecule has 0 aliphatic heterocycles. The smallest absolute Gasteiger partial charge is 0.191 e. The number of nitrogens with one attached hydrogen (secondary N) is 1. The minimum Gasteiger partial charge on any atom is -0.450 e. The molecule has 6 nitrogen and oxygen atoms in total. The Bertz CT molecular complexity index is 1070. The Balaban J connectivity index is 1.68. The van der Waals surface area contributed by atoms with Crippen molar-refractivity contribution in [1.82, 2.24) is 15.0 Å². The number of nitrogens with zero attached hydrogens (tertiary/aromatic N) is 3. The van der Waals surface area contributed by atoms with Gasteiger partial charge in [0.05, 0.1) is 0 Å². The van der Waals surface area contributed by atoms with E-state index in [0.717, 1.165) is 10.3 Å². The van der Waals surface area contributed by atoms with Crippen LogP contribution in [0.25, 0.3) is 10.3 Å². The first-order valence-electron chi connectivity index (χ1n) is 7.45. The normalized spacial score (nSPS) is 10.8. The van der Waals surface area contributed by atoms with Crippen molar-refractivity contribution in [1.29, 1.82) is 0 Å². The second-order valence-electron chi connectivity index (χ2n) is 5.26. The lowest BCUT2D eigenvalue weighted by atomic mass is 10.3. The Morgan fingerprint density at radius 2 is 2.04 bits per heavy atom. The molecular formula is C17H11BrFN5OS. The van der Waals surface area contributed by atoms with Gasteiger partial charge in [-0.05, 0) is 40.2 Å². The molecule has 1 aromatic carbocycles. The summed E-state index contributed by atoms with van der Waals surface area (Å²) in [5.74, 6) is 0.243. The molecule has 0 aliphatic rings. The minimum absolute atomic E-state index is 0.0492. The first kappa shape index (κ1) is 16.7. The molecule has 3 aromatic heterocycles. The zero-order valence-electron chi connectivity index (χ0n) is 13.1. The van der Waals surface area contributed by atoms with Gasteiger partial charge in [-0.25, -0.2) is 19.3 Å². The van der Waals surface area contributed by atoms with E-state index in [-0.39, 0.29) is 5.75 Å². The summed E-state index contributed by atoms with van der Waals surface area (Å²) in [5, 5.41) is 3.71. The zero-order valence-corrected chi connectivity index (χ0v) is 15.5. The minimum atomic E-state index is -0.555. The molecule has 3 heterocycles. The fourth-order valence-electron chi connectivity index (χ4n) is 2.24. The number of pyridine rings is 2. The van der Waals surface area contributed by atoms with Crippen molar-refractivity contribution < 1.29 is 9.13 Å². The highest BCUT2D eigenvalue weighted by molar-refractivity contribution is 9.10. The summed E-state index contributed by atoms with van der Waals surface area (Å²) < 4.78 is 20.5. The van der Waals surface area contributed by atoms with E-state index in [0.29, 0.717) is 26.9 Å². The summed E-state index contributed by atoms with van der Waals surface area (Å²) in [6.45, 7) is 0. The zero-order chi connectivity index (χ0) is 18.1. The van der Waals surface area contributed by atoms with Crippen molar-refractivity contribution in [2.45, 2.75) is 0 Å². The third-order valence-corrected chi connectivity index (χ3v) is 4.72. The topological polar surface area (TPSA) is 86.0 Å². The molecule has 9 heteroatoms. The Kier molecular flexibility index (Phi) is 4.39. The van der Waals surface area contributed by atoms with Gasteiger partial charge >= 0.3 is 0 Å².